The fourth-order valence-electron chi connectivity index (χ4n) is 1.57. The van der Waals surface area contributed by atoms with Gasteiger partial charge in [0.2, 0.25) is 0 Å². The first-order valence-corrected chi connectivity index (χ1v) is 5.92. The van der Waals surface area contributed by atoms with Gasteiger partial charge >= 0.3 is 0 Å². The molecule has 0 aliphatic rings. The van der Waals surface area contributed by atoms with Gasteiger partial charge in [0.15, 0.2) is 5.13 Å². The highest BCUT2D eigenvalue weighted by Crippen LogP contribution is 2.28. The van der Waals surface area contributed by atoms with Crippen LogP contribution >= 0.6 is 11.3 Å². The van der Waals surface area contributed by atoms with Crippen LogP contribution in [0.4, 0.5) is 5.13 Å². The lowest BCUT2D eigenvalue weighted by Crippen LogP contribution is -1.84. The highest BCUT2D eigenvalue weighted by atomic mass is 32.1. The van der Waals surface area contributed by atoms with Crippen LogP contribution < -0.4 is 5.73 Å². The van der Waals surface area contributed by atoms with Crippen molar-refractivity contribution in [1.82, 2.24) is 4.98 Å². The highest BCUT2D eigenvalue weighted by molar-refractivity contribution is 7.15. The predicted molar refractivity (Wildman–Crippen MR) is 71.3 cm³/mol. The first-order valence-electron chi connectivity index (χ1n) is 5.10. The number of nitriles is 1. The van der Waals surface area contributed by atoms with Gasteiger partial charge in [-0.15, -0.1) is 11.3 Å². The minimum Gasteiger partial charge on any atom is -0.375 e. The van der Waals surface area contributed by atoms with Crippen LogP contribution in [-0.4, -0.2) is 4.98 Å². The molecule has 0 atom stereocenters. The van der Waals surface area contributed by atoms with E-state index in [0.717, 1.165) is 21.7 Å². The van der Waals surface area contributed by atoms with Gasteiger partial charge in [-0.3, -0.25) is 0 Å². The summed E-state index contributed by atoms with van der Waals surface area (Å²) in [5.41, 5.74) is 8.65. The number of hydrogen-bond donors (Lipinski definition) is 1. The molecule has 1 aromatic heterocycles. The largest absolute Gasteiger partial charge is 0.375 e. The summed E-state index contributed by atoms with van der Waals surface area (Å²) in [4.78, 5) is 5.41. The number of aryl methyl sites for hydroxylation is 1. The molecule has 0 aliphatic heterocycles. The molecule has 0 unspecified atom stereocenters. The molecule has 1 aromatic carbocycles. The number of benzene rings is 1. The smallest absolute Gasteiger partial charge is 0.180 e. The standard InChI is InChI=1S/C13H11N3S/c1-9-12(16-13(15)17-9)11-6-4-10(5-7-11)3-2-8-14/h2-7H,1H3,(H2,15,16). The van der Waals surface area contributed by atoms with Crippen LogP contribution in [0, 0.1) is 18.3 Å². The van der Waals surface area contributed by atoms with E-state index < -0.39 is 0 Å². The van der Waals surface area contributed by atoms with Crippen molar-refractivity contribution in [3.05, 3.63) is 40.8 Å². The molecule has 17 heavy (non-hydrogen) atoms. The Kier molecular flexibility index (Phi) is 3.22. The summed E-state index contributed by atoms with van der Waals surface area (Å²) in [6.07, 6.45) is 3.23. The first-order chi connectivity index (χ1) is 8.20. The highest BCUT2D eigenvalue weighted by Gasteiger charge is 2.07. The molecule has 0 bridgehead atoms. The van der Waals surface area contributed by atoms with Crippen LogP contribution in [0.5, 0.6) is 0 Å². The molecule has 0 saturated carbocycles. The van der Waals surface area contributed by atoms with Crippen molar-refractivity contribution >= 4 is 22.5 Å². The van der Waals surface area contributed by atoms with E-state index in [1.54, 1.807) is 6.08 Å². The Morgan fingerprint density at radius 3 is 2.59 bits per heavy atom. The monoisotopic (exact) mass is 241 g/mol. The van der Waals surface area contributed by atoms with Gasteiger partial charge in [-0.1, -0.05) is 24.3 Å². The number of aromatic nitrogens is 1. The molecule has 2 rings (SSSR count). The Labute approximate surface area is 104 Å². The Bertz CT molecular complexity index is 588. The Morgan fingerprint density at radius 1 is 1.35 bits per heavy atom. The molecule has 2 N–H and O–H groups in total. The molecule has 0 aliphatic carbocycles. The van der Waals surface area contributed by atoms with Gasteiger partial charge in [0.1, 0.15) is 0 Å². The SMILES string of the molecule is Cc1sc(N)nc1-c1ccc(C=CC#N)cc1. The average Bonchev–Trinajstić information content (AvgIpc) is 2.66. The molecule has 0 saturated heterocycles. The van der Waals surface area contributed by atoms with Crippen LogP contribution in [0.15, 0.2) is 30.3 Å². The van der Waals surface area contributed by atoms with Crippen molar-refractivity contribution in [3.8, 4) is 17.3 Å². The summed E-state index contributed by atoms with van der Waals surface area (Å²) in [6, 6.07) is 9.85. The molecule has 3 nitrogen and oxygen atoms in total. The Balaban J connectivity index is 2.33. The molecule has 2 aromatic rings. The summed E-state index contributed by atoms with van der Waals surface area (Å²) in [5.74, 6) is 0. The fourth-order valence-corrected chi connectivity index (χ4v) is 2.28. The lowest BCUT2D eigenvalue weighted by Gasteiger charge is -1.99. The zero-order valence-electron chi connectivity index (χ0n) is 9.34. The maximum absolute atomic E-state index is 8.44. The van der Waals surface area contributed by atoms with Gasteiger partial charge in [-0.25, -0.2) is 4.98 Å². The van der Waals surface area contributed by atoms with Crippen LogP contribution in [0.1, 0.15) is 10.4 Å². The van der Waals surface area contributed by atoms with E-state index in [9.17, 15) is 0 Å². The number of hydrogen-bond acceptors (Lipinski definition) is 4. The third kappa shape index (κ3) is 2.52. The minimum atomic E-state index is 0.589. The van der Waals surface area contributed by atoms with E-state index in [1.165, 1.54) is 17.4 Å². The number of nitrogens with zero attached hydrogens (tertiary/aromatic N) is 2. The summed E-state index contributed by atoms with van der Waals surface area (Å²) in [5, 5.41) is 9.03. The van der Waals surface area contributed by atoms with Crippen LogP contribution in [0.2, 0.25) is 0 Å². The Hall–Kier alpha value is -2.12. The van der Waals surface area contributed by atoms with Crippen LogP contribution in [0.25, 0.3) is 17.3 Å². The summed E-state index contributed by atoms with van der Waals surface area (Å²) in [7, 11) is 0. The van der Waals surface area contributed by atoms with Crippen molar-refractivity contribution in [2.24, 2.45) is 0 Å². The molecule has 4 heteroatoms. The number of allylic oxidation sites excluding steroid dienone is 1. The zero-order valence-corrected chi connectivity index (χ0v) is 10.2. The third-order valence-corrected chi connectivity index (χ3v) is 3.15. The van der Waals surface area contributed by atoms with Crippen molar-refractivity contribution in [2.75, 3.05) is 5.73 Å². The number of nitrogen functional groups attached to an aromatic ring is 1. The number of anilines is 1. The Morgan fingerprint density at radius 2 is 2.06 bits per heavy atom. The second kappa shape index (κ2) is 4.81. The topological polar surface area (TPSA) is 62.7 Å². The summed E-state index contributed by atoms with van der Waals surface area (Å²) < 4.78 is 0. The molecule has 84 valence electrons. The third-order valence-electron chi connectivity index (χ3n) is 2.35. The van der Waals surface area contributed by atoms with E-state index in [0.29, 0.717) is 5.13 Å². The predicted octanol–water partition coefficient (Wildman–Crippen LogP) is 3.24. The average molecular weight is 241 g/mol. The quantitative estimate of drug-likeness (QED) is 0.821. The van der Waals surface area contributed by atoms with Crippen LogP contribution in [0.3, 0.4) is 0 Å². The fraction of sp³-hybridized carbons (Fsp3) is 0.0769. The van der Waals surface area contributed by atoms with E-state index in [-0.39, 0.29) is 0 Å². The van der Waals surface area contributed by atoms with Crippen molar-refractivity contribution in [1.29, 1.82) is 5.26 Å². The molecule has 0 fully saturated rings. The second-order valence-corrected chi connectivity index (χ2v) is 4.78. The summed E-state index contributed by atoms with van der Waals surface area (Å²) >= 11 is 1.49. The molecule has 1 heterocycles. The molecule has 0 spiro atoms. The van der Waals surface area contributed by atoms with Crippen molar-refractivity contribution in [2.45, 2.75) is 6.92 Å². The van der Waals surface area contributed by atoms with Crippen LogP contribution in [-0.2, 0) is 0 Å². The number of nitrogens with two attached hydrogens (primary N) is 1. The lowest BCUT2D eigenvalue weighted by molar-refractivity contribution is 1.38. The second-order valence-electron chi connectivity index (χ2n) is 3.54. The molecular weight excluding hydrogens is 230 g/mol. The van der Waals surface area contributed by atoms with E-state index in [2.05, 4.69) is 4.98 Å². The van der Waals surface area contributed by atoms with Gasteiger partial charge < -0.3 is 5.73 Å². The number of thiazole rings is 1. The minimum absolute atomic E-state index is 0.589. The van der Waals surface area contributed by atoms with E-state index in [1.807, 2.05) is 37.3 Å². The maximum Gasteiger partial charge on any atom is 0.180 e. The van der Waals surface area contributed by atoms with Crippen molar-refractivity contribution in [3.63, 3.8) is 0 Å². The lowest BCUT2D eigenvalue weighted by atomic mass is 10.1. The van der Waals surface area contributed by atoms with Gasteiger partial charge in [0.05, 0.1) is 11.8 Å². The summed E-state index contributed by atoms with van der Waals surface area (Å²) in [6.45, 7) is 2.01. The first kappa shape index (κ1) is 11.4. The van der Waals surface area contributed by atoms with Gasteiger partial charge in [-0.05, 0) is 18.6 Å². The van der Waals surface area contributed by atoms with E-state index >= 15 is 0 Å². The van der Waals surface area contributed by atoms with E-state index in [4.69, 9.17) is 11.0 Å². The van der Waals surface area contributed by atoms with Gasteiger partial charge in [-0.2, -0.15) is 5.26 Å². The molecule has 0 amide bonds. The molecule has 0 radical (unpaired) electrons. The van der Waals surface area contributed by atoms with Gasteiger partial charge in [0, 0.05) is 16.5 Å². The van der Waals surface area contributed by atoms with Gasteiger partial charge in [0.25, 0.3) is 0 Å². The molecular formula is C13H11N3S. The normalized spacial score (nSPS) is 10.6. The van der Waals surface area contributed by atoms with Crippen molar-refractivity contribution < 1.29 is 0 Å². The zero-order chi connectivity index (χ0) is 12.3. The maximum atomic E-state index is 8.44. The number of rotatable bonds is 2.